The van der Waals surface area contributed by atoms with Crippen molar-refractivity contribution in [3.05, 3.63) is 35.9 Å². The molecule has 0 aliphatic carbocycles. The number of methoxy groups -OCH3 is 1. The number of carbonyl (C=O) groups is 1. The van der Waals surface area contributed by atoms with Gasteiger partial charge in [-0.15, -0.1) is 5.10 Å². The Morgan fingerprint density at radius 2 is 2.14 bits per heavy atom. The molecule has 2 heterocycles. The van der Waals surface area contributed by atoms with E-state index in [1.54, 1.807) is 9.58 Å². The van der Waals surface area contributed by atoms with Crippen LogP contribution in [0.1, 0.15) is 18.5 Å². The molecule has 0 fully saturated rings. The summed E-state index contributed by atoms with van der Waals surface area (Å²) in [6, 6.07) is 9.19. The Morgan fingerprint density at radius 3 is 2.76 bits per heavy atom. The fraction of sp³-hybridized carbons (Fsp3) is 0.357. The van der Waals surface area contributed by atoms with Crippen molar-refractivity contribution < 1.29 is 14.6 Å². The van der Waals surface area contributed by atoms with Crippen LogP contribution in [0.4, 0.5) is 5.95 Å². The summed E-state index contributed by atoms with van der Waals surface area (Å²) in [6.07, 6.45) is 0. The SMILES string of the molecule is COc1nc2n(n1)C[C@@H](C(=O)O)N2[C@H](C)c1ccccc1. The van der Waals surface area contributed by atoms with Crippen LogP contribution in [0.15, 0.2) is 30.3 Å². The highest BCUT2D eigenvalue weighted by atomic mass is 16.5. The van der Waals surface area contributed by atoms with Crippen LogP contribution in [0.2, 0.25) is 0 Å². The number of ether oxygens (including phenoxy) is 1. The standard InChI is InChI=1S/C14H16N4O3/c1-9(10-6-4-3-5-7-10)18-11(12(19)20)8-17-14(18)15-13(16-17)21-2/h3-7,9,11H,8H2,1-2H3,(H,19,20)/t9-,11+/m1/s1. The van der Waals surface area contributed by atoms with Gasteiger partial charge in [-0.05, 0) is 12.5 Å². The molecule has 2 atom stereocenters. The summed E-state index contributed by atoms with van der Waals surface area (Å²) in [5, 5.41) is 13.6. The number of aliphatic carboxylic acids is 1. The van der Waals surface area contributed by atoms with E-state index < -0.39 is 12.0 Å². The summed E-state index contributed by atoms with van der Waals surface area (Å²) in [7, 11) is 1.49. The molecule has 110 valence electrons. The van der Waals surface area contributed by atoms with Gasteiger partial charge in [0.15, 0.2) is 0 Å². The minimum atomic E-state index is -0.885. The molecule has 0 unspecified atom stereocenters. The van der Waals surface area contributed by atoms with Gasteiger partial charge in [0.2, 0.25) is 5.95 Å². The van der Waals surface area contributed by atoms with Crippen LogP contribution in [-0.4, -0.2) is 39.0 Å². The third-order valence-corrected chi connectivity index (χ3v) is 3.71. The van der Waals surface area contributed by atoms with E-state index >= 15 is 0 Å². The fourth-order valence-electron chi connectivity index (χ4n) is 2.64. The number of benzene rings is 1. The van der Waals surface area contributed by atoms with Crippen molar-refractivity contribution >= 4 is 11.9 Å². The van der Waals surface area contributed by atoms with Gasteiger partial charge in [-0.1, -0.05) is 30.3 Å². The lowest BCUT2D eigenvalue weighted by atomic mass is 10.1. The molecule has 1 aromatic heterocycles. The molecule has 1 aliphatic rings. The van der Waals surface area contributed by atoms with Gasteiger partial charge in [-0.2, -0.15) is 4.98 Å². The highest BCUT2D eigenvalue weighted by Crippen LogP contribution is 2.34. The highest BCUT2D eigenvalue weighted by Gasteiger charge is 2.40. The van der Waals surface area contributed by atoms with Gasteiger partial charge in [-0.3, -0.25) is 0 Å². The lowest BCUT2D eigenvalue weighted by Crippen LogP contribution is -2.40. The molecule has 0 radical (unpaired) electrons. The molecular weight excluding hydrogens is 272 g/mol. The zero-order chi connectivity index (χ0) is 15.0. The van der Waals surface area contributed by atoms with Crippen LogP contribution in [0.5, 0.6) is 6.01 Å². The first-order valence-electron chi connectivity index (χ1n) is 6.66. The number of aromatic nitrogens is 3. The van der Waals surface area contributed by atoms with E-state index in [1.165, 1.54) is 7.11 Å². The highest BCUT2D eigenvalue weighted by molar-refractivity contribution is 5.79. The van der Waals surface area contributed by atoms with E-state index in [9.17, 15) is 9.90 Å². The lowest BCUT2D eigenvalue weighted by molar-refractivity contribution is -0.138. The average Bonchev–Trinajstić information content (AvgIpc) is 3.04. The Hall–Kier alpha value is -2.57. The van der Waals surface area contributed by atoms with E-state index in [-0.39, 0.29) is 18.6 Å². The van der Waals surface area contributed by atoms with Crippen LogP contribution in [0, 0.1) is 0 Å². The van der Waals surface area contributed by atoms with Crippen LogP contribution in [0.3, 0.4) is 0 Å². The van der Waals surface area contributed by atoms with Crippen molar-refractivity contribution in [1.82, 2.24) is 14.8 Å². The molecule has 0 saturated carbocycles. The Morgan fingerprint density at radius 1 is 1.43 bits per heavy atom. The smallest absolute Gasteiger partial charge is 0.337 e. The molecule has 0 spiro atoms. The van der Waals surface area contributed by atoms with Gasteiger partial charge in [0.25, 0.3) is 0 Å². The Balaban J connectivity index is 2.00. The zero-order valence-corrected chi connectivity index (χ0v) is 11.8. The number of carboxylic acids is 1. The summed E-state index contributed by atoms with van der Waals surface area (Å²) >= 11 is 0. The van der Waals surface area contributed by atoms with Gasteiger partial charge in [0.05, 0.1) is 19.7 Å². The monoisotopic (exact) mass is 288 g/mol. The molecule has 1 aromatic carbocycles. The largest absolute Gasteiger partial charge is 0.480 e. The van der Waals surface area contributed by atoms with E-state index in [0.717, 1.165) is 5.56 Å². The maximum absolute atomic E-state index is 11.5. The van der Waals surface area contributed by atoms with Crippen molar-refractivity contribution in [2.24, 2.45) is 0 Å². The second-order valence-corrected chi connectivity index (χ2v) is 4.93. The fourth-order valence-corrected chi connectivity index (χ4v) is 2.64. The average molecular weight is 288 g/mol. The number of anilines is 1. The van der Waals surface area contributed by atoms with Crippen LogP contribution in [-0.2, 0) is 11.3 Å². The second kappa shape index (κ2) is 5.08. The van der Waals surface area contributed by atoms with Crippen LogP contribution in [0.25, 0.3) is 0 Å². The summed E-state index contributed by atoms with van der Waals surface area (Å²) in [6.45, 7) is 2.22. The molecule has 7 nitrogen and oxygen atoms in total. The number of hydrogen-bond donors (Lipinski definition) is 1. The molecule has 1 N–H and O–H groups in total. The second-order valence-electron chi connectivity index (χ2n) is 4.93. The molecular formula is C14H16N4O3. The van der Waals surface area contributed by atoms with Gasteiger partial charge < -0.3 is 14.7 Å². The van der Waals surface area contributed by atoms with Crippen molar-refractivity contribution in [1.29, 1.82) is 0 Å². The lowest BCUT2D eigenvalue weighted by Gasteiger charge is -2.28. The normalized spacial score (nSPS) is 18.4. The van der Waals surface area contributed by atoms with Gasteiger partial charge >= 0.3 is 12.0 Å². The van der Waals surface area contributed by atoms with E-state index in [1.807, 2.05) is 37.3 Å². The molecule has 0 saturated heterocycles. The molecule has 0 amide bonds. The molecule has 1 aliphatic heterocycles. The minimum absolute atomic E-state index is 0.123. The topological polar surface area (TPSA) is 80.5 Å². The molecule has 3 rings (SSSR count). The van der Waals surface area contributed by atoms with Gasteiger partial charge in [0.1, 0.15) is 6.04 Å². The predicted octanol–water partition coefficient (Wildman–Crippen LogP) is 1.32. The maximum Gasteiger partial charge on any atom is 0.337 e. The summed E-state index contributed by atoms with van der Waals surface area (Å²) < 4.78 is 6.60. The minimum Gasteiger partial charge on any atom is -0.480 e. The third kappa shape index (κ3) is 2.20. The van der Waals surface area contributed by atoms with Crippen LogP contribution < -0.4 is 9.64 Å². The van der Waals surface area contributed by atoms with Crippen molar-refractivity contribution in [3.8, 4) is 6.01 Å². The maximum atomic E-state index is 11.5. The van der Waals surface area contributed by atoms with E-state index in [2.05, 4.69) is 10.1 Å². The van der Waals surface area contributed by atoms with E-state index in [4.69, 9.17) is 4.74 Å². The van der Waals surface area contributed by atoms with Crippen molar-refractivity contribution in [3.63, 3.8) is 0 Å². The van der Waals surface area contributed by atoms with Crippen molar-refractivity contribution in [2.75, 3.05) is 12.0 Å². The third-order valence-electron chi connectivity index (χ3n) is 3.71. The van der Waals surface area contributed by atoms with E-state index in [0.29, 0.717) is 5.95 Å². The van der Waals surface area contributed by atoms with Gasteiger partial charge in [-0.25, -0.2) is 9.48 Å². The Labute approximate surface area is 121 Å². The van der Waals surface area contributed by atoms with Gasteiger partial charge in [0, 0.05) is 0 Å². The number of rotatable bonds is 4. The number of carboxylic acid groups (broad SMARTS) is 1. The number of hydrogen-bond acceptors (Lipinski definition) is 5. The summed E-state index contributed by atoms with van der Waals surface area (Å²) in [5.74, 6) is -0.361. The molecule has 21 heavy (non-hydrogen) atoms. The molecule has 7 heteroatoms. The predicted molar refractivity (Wildman–Crippen MR) is 75.3 cm³/mol. The summed E-state index contributed by atoms with van der Waals surface area (Å²) in [4.78, 5) is 17.6. The van der Waals surface area contributed by atoms with Crippen molar-refractivity contribution in [2.45, 2.75) is 25.6 Å². The first kappa shape index (κ1) is 13.4. The Bertz CT molecular complexity index is 655. The Kier molecular flexibility index (Phi) is 3.25. The first-order valence-corrected chi connectivity index (χ1v) is 6.66. The van der Waals surface area contributed by atoms with Crippen LogP contribution >= 0.6 is 0 Å². The number of nitrogens with zero attached hydrogens (tertiary/aromatic N) is 4. The zero-order valence-electron chi connectivity index (χ0n) is 11.8. The number of fused-ring (bicyclic) bond motifs is 1. The molecule has 2 aromatic rings. The quantitative estimate of drug-likeness (QED) is 0.914. The summed E-state index contributed by atoms with van der Waals surface area (Å²) in [5.41, 5.74) is 1.03. The molecule has 0 bridgehead atoms. The first-order chi connectivity index (χ1) is 10.1.